The summed E-state index contributed by atoms with van der Waals surface area (Å²) in [6.45, 7) is 3.86. The van der Waals surface area contributed by atoms with E-state index < -0.39 is 0 Å². The molecule has 0 aromatic heterocycles. The molecule has 0 bridgehead atoms. The molecule has 0 amide bonds. The van der Waals surface area contributed by atoms with Crippen LogP contribution in [0.15, 0.2) is 18.2 Å². The highest BCUT2D eigenvalue weighted by molar-refractivity contribution is 5.60. The quantitative estimate of drug-likeness (QED) is 0.859. The molecule has 1 aromatic carbocycles. The maximum absolute atomic E-state index is 5.26. The van der Waals surface area contributed by atoms with E-state index in [4.69, 9.17) is 4.74 Å². The fraction of sp³-hybridized carbons (Fsp3) is 0.571. The Balaban J connectivity index is 1.78. The molecule has 0 spiro atoms. The first-order valence-corrected chi connectivity index (χ1v) is 6.63. The van der Waals surface area contributed by atoms with E-state index in [1.54, 1.807) is 0 Å². The van der Waals surface area contributed by atoms with E-state index >= 15 is 0 Å². The number of nitrogens with zero attached hydrogens (tertiary/aromatic N) is 2. The van der Waals surface area contributed by atoms with E-state index in [1.165, 1.54) is 16.8 Å². The minimum atomic E-state index is 0.600. The van der Waals surface area contributed by atoms with Gasteiger partial charge in [0.25, 0.3) is 0 Å². The van der Waals surface area contributed by atoms with Crippen LogP contribution in [-0.4, -0.2) is 44.8 Å². The van der Waals surface area contributed by atoms with Crippen molar-refractivity contribution in [3.05, 3.63) is 29.3 Å². The predicted octanol–water partition coefficient (Wildman–Crippen LogP) is 1.01. The zero-order chi connectivity index (χ0) is 12.5. The maximum atomic E-state index is 5.26. The lowest BCUT2D eigenvalue weighted by molar-refractivity contribution is -0.0587. The van der Waals surface area contributed by atoms with Crippen molar-refractivity contribution >= 4 is 5.69 Å². The van der Waals surface area contributed by atoms with Crippen molar-refractivity contribution in [1.82, 2.24) is 10.3 Å². The second kappa shape index (κ2) is 4.88. The van der Waals surface area contributed by atoms with Gasteiger partial charge in [-0.1, -0.05) is 12.1 Å². The van der Waals surface area contributed by atoms with Crippen LogP contribution in [0.25, 0.3) is 0 Å². The minimum Gasteiger partial charge on any atom is -0.378 e. The van der Waals surface area contributed by atoms with Crippen molar-refractivity contribution in [2.75, 3.05) is 38.9 Å². The number of fused-ring (bicyclic) bond motifs is 1. The molecule has 0 atom stereocenters. The van der Waals surface area contributed by atoms with Crippen molar-refractivity contribution in [3.8, 4) is 0 Å². The summed E-state index contributed by atoms with van der Waals surface area (Å²) < 4.78 is 5.26. The Morgan fingerprint density at radius 3 is 2.94 bits per heavy atom. The average Bonchev–Trinajstić information content (AvgIpc) is 2.70. The Bertz CT molecular complexity index is 431. The third-order valence-corrected chi connectivity index (χ3v) is 4.06. The van der Waals surface area contributed by atoms with E-state index in [9.17, 15) is 0 Å². The molecule has 1 saturated heterocycles. The van der Waals surface area contributed by atoms with E-state index in [2.05, 4.69) is 40.6 Å². The molecular formula is C14H21N3O. The Morgan fingerprint density at radius 2 is 2.28 bits per heavy atom. The molecule has 0 saturated carbocycles. The van der Waals surface area contributed by atoms with Crippen molar-refractivity contribution in [2.24, 2.45) is 0 Å². The number of hydrogen-bond donors (Lipinski definition) is 1. The second-order valence-corrected chi connectivity index (χ2v) is 5.15. The van der Waals surface area contributed by atoms with Gasteiger partial charge in [-0.2, -0.15) is 0 Å². The third kappa shape index (κ3) is 2.00. The largest absolute Gasteiger partial charge is 0.378 e. The third-order valence-electron chi connectivity index (χ3n) is 4.06. The molecule has 98 valence electrons. The molecule has 4 heteroatoms. The topological polar surface area (TPSA) is 27.7 Å². The van der Waals surface area contributed by atoms with Crippen molar-refractivity contribution in [3.63, 3.8) is 0 Å². The average molecular weight is 247 g/mol. The molecule has 0 unspecified atom stereocenters. The van der Waals surface area contributed by atoms with Gasteiger partial charge in [-0.25, -0.2) is 5.43 Å². The van der Waals surface area contributed by atoms with Crippen LogP contribution in [-0.2, 0) is 17.7 Å². The summed E-state index contributed by atoms with van der Waals surface area (Å²) in [5.74, 6) is 0. The Labute approximate surface area is 108 Å². The van der Waals surface area contributed by atoms with Gasteiger partial charge in [0.2, 0.25) is 0 Å². The van der Waals surface area contributed by atoms with Gasteiger partial charge < -0.3 is 9.75 Å². The van der Waals surface area contributed by atoms with Crippen molar-refractivity contribution in [1.29, 1.82) is 0 Å². The molecule has 2 aliphatic rings. The summed E-state index contributed by atoms with van der Waals surface area (Å²) in [7, 11) is 4.18. The fourth-order valence-corrected chi connectivity index (χ4v) is 2.76. The van der Waals surface area contributed by atoms with Gasteiger partial charge in [0.15, 0.2) is 0 Å². The Morgan fingerprint density at radius 1 is 1.44 bits per heavy atom. The molecule has 1 fully saturated rings. The van der Waals surface area contributed by atoms with E-state index in [1.807, 2.05) is 7.05 Å². The molecule has 0 radical (unpaired) electrons. The van der Waals surface area contributed by atoms with Gasteiger partial charge in [-0.15, -0.1) is 0 Å². The lowest BCUT2D eigenvalue weighted by Crippen LogP contribution is -2.46. The summed E-state index contributed by atoms with van der Waals surface area (Å²) in [4.78, 5) is 2.40. The second-order valence-electron chi connectivity index (χ2n) is 5.15. The minimum absolute atomic E-state index is 0.600. The first kappa shape index (κ1) is 12.0. The Hall–Kier alpha value is -1.10. The zero-order valence-electron chi connectivity index (χ0n) is 11.1. The molecule has 2 heterocycles. The van der Waals surface area contributed by atoms with Crippen LogP contribution in [0, 0.1) is 0 Å². The summed E-state index contributed by atoms with van der Waals surface area (Å²) >= 11 is 0. The highest BCUT2D eigenvalue weighted by Crippen LogP contribution is 2.30. The van der Waals surface area contributed by atoms with E-state index in [0.717, 1.165) is 32.7 Å². The normalized spacial score (nSPS) is 19.2. The number of nitrogens with one attached hydrogen (secondary N) is 1. The van der Waals surface area contributed by atoms with E-state index in [0.29, 0.717) is 6.04 Å². The maximum Gasteiger partial charge on any atom is 0.0645 e. The number of hydrogen-bond acceptors (Lipinski definition) is 4. The lowest BCUT2D eigenvalue weighted by atomic mass is 10.0. The molecule has 3 rings (SSSR count). The first-order chi connectivity index (χ1) is 8.79. The van der Waals surface area contributed by atoms with Crippen LogP contribution in [0.1, 0.15) is 11.1 Å². The van der Waals surface area contributed by atoms with Gasteiger partial charge in [-0.3, -0.25) is 4.90 Å². The highest BCUT2D eigenvalue weighted by Gasteiger charge is 2.25. The van der Waals surface area contributed by atoms with Crippen LogP contribution < -0.4 is 10.4 Å². The van der Waals surface area contributed by atoms with Crippen LogP contribution in [0.5, 0.6) is 0 Å². The van der Waals surface area contributed by atoms with Crippen LogP contribution in [0.3, 0.4) is 0 Å². The van der Waals surface area contributed by atoms with Crippen molar-refractivity contribution < 1.29 is 4.74 Å². The SMILES string of the molecule is CNN1CCc2c(CN(C)C3COC3)cccc21. The standard InChI is InChI=1S/C14H21N3O/c1-15-17-7-6-13-11(4-3-5-14(13)17)8-16(2)12-9-18-10-12/h3-5,12,15H,6-10H2,1-2H3. The zero-order valence-corrected chi connectivity index (χ0v) is 11.1. The molecule has 2 aliphatic heterocycles. The summed E-state index contributed by atoms with van der Waals surface area (Å²) in [5, 5.41) is 2.23. The summed E-state index contributed by atoms with van der Waals surface area (Å²) in [6, 6.07) is 7.22. The van der Waals surface area contributed by atoms with Gasteiger partial charge in [0.1, 0.15) is 0 Å². The molecule has 0 aliphatic carbocycles. The number of hydrazine groups is 1. The van der Waals surface area contributed by atoms with Crippen molar-refractivity contribution in [2.45, 2.75) is 19.0 Å². The number of ether oxygens (including phenoxy) is 1. The highest BCUT2D eigenvalue weighted by atomic mass is 16.5. The number of likely N-dealkylation sites (N-methyl/N-ethyl adjacent to an activating group) is 1. The number of rotatable bonds is 4. The van der Waals surface area contributed by atoms with Crippen LogP contribution >= 0.6 is 0 Å². The molecular weight excluding hydrogens is 226 g/mol. The number of benzene rings is 1. The summed E-state index contributed by atoms with van der Waals surface area (Å²) in [5.41, 5.74) is 7.54. The molecule has 18 heavy (non-hydrogen) atoms. The first-order valence-electron chi connectivity index (χ1n) is 6.63. The Kier molecular flexibility index (Phi) is 3.24. The summed E-state index contributed by atoms with van der Waals surface area (Å²) in [6.07, 6.45) is 1.14. The molecule has 1 N–H and O–H groups in total. The monoisotopic (exact) mass is 247 g/mol. The van der Waals surface area contributed by atoms with Crippen LogP contribution in [0.4, 0.5) is 5.69 Å². The number of anilines is 1. The van der Waals surface area contributed by atoms with Gasteiger partial charge in [-0.05, 0) is 30.7 Å². The lowest BCUT2D eigenvalue weighted by Gasteiger charge is -2.35. The van der Waals surface area contributed by atoms with Crippen LogP contribution in [0.2, 0.25) is 0 Å². The van der Waals surface area contributed by atoms with Gasteiger partial charge in [0.05, 0.1) is 24.9 Å². The smallest absolute Gasteiger partial charge is 0.0645 e. The molecule has 4 nitrogen and oxygen atoms in total. The van der Waals surface area contributed by atoms with Gasteiger partial charge >= 0.3 is 0 Å². The fourth-order valence-electron chi connectivity index (χ4n) is 2.76. The van der Waals surface area contributed by atoms with Gasteiger partial charge in [0, 0.05) is 20.1 Å². The predicted molar refractivity (Wildman–Crippen MR) is 72.6 cm³/mol. The van der Waals surface area contributed by atoms with E-state index in [-0.39, 0.29) is 0 Å². The molecule has 1 aromatic rings.